The molecule has 16 N–H and O–H groups in total. The summed E-state index contributed by atoms with van der Waals surface area (Å²) in [7, 11) is 0. The van der Waals surface area contributed by atoms with Gasteiger partial charge in [-0.2, -0.15) is 0 Å². The van der Waals surface area contributed by atoms with Crippen LogP contribution in [0.4, 0.5) is 0 Å². The van der Waals surface area contributed by atoms with Crippen molar-refractivity contribution in [2.75, 3.05) is 13.2 Å². The zero-order chi connectivity index (χ0) is 28.6. The molecule has 2 aliphatic heterocycles. The largest absolute Gasteiger partial charge is 0.394 e. The highest BCUT2D eigenvalue weighted by molar-refractivity contribution is 5.89. The number of nitrogens with zero attached hydrogens (tertiary/aromatic N) is 1. The summed E-state index contributed by atoms with van der Waals surface area (Å²) in [6, 6.07) is -3.05. The second kappa shape index (κ2) is 12.0. The molecule has 4 rings (SSSR count). The summed E-state index contributed by atoms with van der Waals surface area (Å²) in [6.45, 7) is -0.308. The molecule has 0 radical (unpaired) electrons. The van der Waals surface area contributed by atoms with Crippen LogP contribution in [0.2, 0.25) is 0 Å². The minimum atomic E-state index is -1.75. The first-order chi connectivity index (χ1) is 18.4. The Morgan fingerprint density at radius 1 is 1.10 bits per heavy atom. The van der Waals surface area contributed by atoms with Gasteiger partial charge in [-0.15, -0.1) is 0 Å². The Hall–Kier alpha value is -1.70. The number of hydrogen-bond acceptors (Lipinski definition) is 13. The van der Waals surface area contributed by atoms with Crippen molar-refractivity contribution < 1.29 is 44.5 Å². The van der Waals surface area contributed by atoms with E-state index in [0.717, 1.165) is 0 Å². The lowest BCUT2D eigenvalue weighted by Gasteiger charge is -2.50. The highest BCUT2D eigenvalue weighted by atomic mass is 16.7. The van der Waals surface area contributed by atoms with Gasteiger partial charge in [0.15, 0.2) is 17.9 Å². The van der Waals surface area contributed by atoms with E-state index in [9.17, 15) is 30.3 Å². The predicted molar refractivity (Wildman–Crippen MR) is 135 cm³/mol. The van der Waals surface area contributed by atoms with Gasteiger partial charge in [0.05, 0.1) is 37.1 Å². The molecule has 4 unspecified atom stereocenters. The lowest BCUT2D eigenvalue weighted by molar-refractivity contribution is -0.265. The van der Waals surface area contributed by atoms with Gasteiger partial charge in [0, 0.05) is 43.4 Å². The van der Waals surface area contributed by atoms with Gasteiger partial charge in [0.2, 0.25) is 0 Å². The van der Waals surface area contributed by atoms with Gasteiger partial charge in [-0.1, -0.05) is 0 Å². The van der Waals surface area contributed by atoms with Crippen molar-refractivity contribution in [1.82, 2.24) is 5.32 Å². The molecule has 2 aliphatic carbocycles. The summed E-state index contributed by atoms with van der Waals surface area (Å²) in [6.07, 6.45) is -7.32. The lowest BCUT2D eigenvalue weighted by Crippen LogP contribution is -2.68. The monoisotopic (exact) mass is 561 g/mol. The highest BCUT2D eigenvalue weighted by Crippen LogP contribution is 2.39. The van der Waals surface area contributed by atoms with Crippen LogP contribution < -0.4 is 34.0 Å². The van der Waals surface area contributed by atoms with Gasteiger partial charge in [-0.3, -0.25) is 4.79 Å². The predicted octanol–water partition coefficient (Wildman–Crippen LogP) is -6.00. The number of aliphatic hydroxyl groups excluding tert-OH is 4. The van der Waals surface area contributed by atoms with Crippen LogP contribution in [0, 0.1) is 5.92 Å². The quantitative estimate of drug-likeness (QED) is 0.0971. The maximum Gasteiger partial charge on any atom is 0.253 e. The number of rotatable bonds is 8. The van der Waals surface area contributed by atoms with Gasteiger partial charge < -0.3 is 73.7 Å². The zero-order valence-electron chi connectivity index (χ0n) is 21.7. The van der Waals surface area contributed by atoms with Gasteiger partial charge in [-0.05, 0) is 19.3 Å². The number of ether oxygens (including phenoxy) is 3. The molecule has 0 spiro atoms. The van der Waals surface area contributed by atoms with E-state index < -0.39 is 91.1 Å². The van der Waals surface area contributed by atoms with Crippen molar-refractivity contribution in [3.05, 3.63) is 0 Å². The molecule has 4 fully saturated rings. The van der Waals surface area contributed by atoms with Crippen LogP contribution in [0.3, 0.4) is 0 Å². The molecule has 224 valence electrons. The van der Waals surface area contributed by atoms with Crippen molar-refractivity contribution in [1.29, 1.82) is 0 Å². The second-order valence-corrected chi connectivity index (χ2v) is 11.1. The van der Waals surface area contributed by atoms with Crippen LogP contribution >= 0.6 is 0 Å². The summed E-state index contributed by atoms with van der Waals surface area (Å²) in [5, 5.41) is 55.6. The van der Waals surface area contributed by atoms with Crippen molar-refractivity contribution in [3.63, 3.8) is 0 Å². The summed E-state index contributed by atoms with van der Waals surface area (Å²) >= 11 is 0. The number of carbonyl (C=O) groups excluding carboxylic acids is 1. The van der Waals surface area contributed by atoms with E-state index in [1.807, 2.05) is 0 Å². The number of carbonyl (C=O) groups is 1. The van der Waals surface area contributed by atoms with Gasteiger partial charge >= 0.3 is 0 Å². The molecule has 1 amide bonds. The van der Waals surface area contributed by atoms with Crippen LogP contribution in [-0.2, 0) is 19.0 Å². The lowest BCUT2D eigenvalue weighted by atomic mass is 9.72. The van der Waals surface area contributed by atoms with E-state index in [0.29, 0.717) is 12.8 Å². The fourth-order valence-electron chi connectivity index (χ4n) is 5.92. The van der Waals surface area contributed by atoms with Crippen LogP contribution in [0.25, 0.3) is 0 Å². The van der Waals surface area contributed by atoms with Crippen LogP contribution in [0.1, 0.15) is 32.1 Å². The molecule has 0 bridgehead atoms. The van der Waals surface area contributed by atoms with Gasteiger partial charge in [0.1, 0.15) is 18.2 Å². The first-order valence-electron chi connectivity index (χ1n) is 13.3. The minimum absolute atomic E-state index is 0.0579. The van der Waals surface area contributed by atoms with Crippen LogP contribution in [-0.4, -0.2) is 129 Å². The normalized spacial score (nSPS) is 48.3. The Morgan fingerprint density at radius 2 is 1.79 bits per heavy atom. The van der Waals surface area contributed by atoms with Crippen molar-refractivity contribution >= 4 is 11.9 Å². The SMILES string of the molecule is NC[C@@H]1CC[C@@H](N=C(N)N)[C@@H](O[C@H]2[C@H](O)C(C3O[C@H](CO)[C@@H](O)C[C@H]3O)[C@H](NC(=O)C3(O)CC3N)C[C@@H]2N)O1. The molecule has 2 saturated heterocycles. The first kappa shape index (κ1) is 30.3. The van der Waals surface area contributed by atoms with Gasteiger partial charge in [0.25, 0.3) is 5.91 Å². The third-order valence-electron chi connectivity index (χ3n) is 8.31. The number of amides is 1. The smallest absolute Gasteiger partial charge is 0.253 e. The standard InChI is InChI=1S/C23H43N7O9/c24-6-8-1-2-10(30-22(27)28)20(37-8)39-18-9(25)3-11(29-21(35)23(36)5-15(23)26)16(17(18)34)19-13(33)4-12(32)14(7-31)38-19/h8-20,31-34,36H,1-7,24-26H2,(H,29,35)(H4,27,28,30)/t8-,9-,10+,11+,12-,13+,14+,15?,16?,17+,18+,19?,20+,23?/m0/s1. The molecular formula is C23H43N7O9. The minimum Gasteiger partial charge on any atom is -0.394 e. The number of guanidine groups is 1. The van der Waals surface area contributed by atoms with Crippen molar-refractivity contribution in [2.24, 2.45) is 39.6 Å². The third-order valence-corrected chi connectivity index (χ3v) is 8.31. The van der Waals surface area contributed by atoms with E-state index in [2.05, 4.69) is 10.3 Å². The molecule has 16 heteroatoms. The average Bonchev–Trinajstić information content (AvgIpc) is 3.50. The molecule has 0 aromatic carbocycles. The van der Waals surface area contributed by atoms with Crippen molar-refractivity contribution in [2.45, 2.75) is 111 Å². The third kappa shape index (κ3) is 6.31. The number of hydrogen-bond donors (Lipinski definition) is 11. The fraction of sp³-hybridized carbons (Fsp3) is 0.913. The first-order valence-corrected chi connectivity index (χ1v) is 13.3. The molecule has 4 aliphatic rings. The molecule has 0 aromatic heterocycles. The molecule has 2 heterocycles. The molecule has 39 heavy (non-hydrogen) atoms. The summed E-state index contributed by atoms with van der Waals surface area (Å²) in [5.74, 6) is -1.92. The number of nitrogens with two attached hydrogens (primary N) is 5. The fourth-order valence-corrected chi connectivity index (χ4v) is 5.92. The maximum atomic E-state index is 12.9. The number of nitrogens with one attached hydrogen (secondary N) is 1. The van der Waals surface area contributed by atoms with E-state index in [-0.39, 0.29) is 37.9 Å². The molecule has 2 saturated carbocycles. The van der Waals surface area contributed by atoms with Gasteiger partial charge in [-0.25, -0.2) is 4.99 Å². The summed E-state index contributed by atoms with van der Waals surface area (Å²) in [5.41, 5.74) is 27.4. The average molecular weight is 562 g/mol. The molecule has 0 aromatic rings. The Morgan fingerprint density at radius 3 is 2.38 bits per heavy atom. The summed E-state index contributed by atoms with van der Waals surface area (Å²) in [4.78, 5) is 17.1. The Balaban J connectivity index is 1.60. The number of aliphatic imine (C=N–C) groups is 1. The molecule has 16 nitrogen and oxygen atoms in total. The topological polar surface area (TPSA) is 300 Å². The van der Waals surface area contributed by atoms with E-state index >= 15 is 0 Å². The highest BCUT2D eigenvalue weighted by Gasteiger charge is 2.59. The van der Waals surface area contributed by atoms with Crippen LogP contribution in [0.5, 0.6) is 0 Å². The van der Waals surface area contributed by atoms with Crippen molar-refractivity contribution in [3.8, 4) is 0 Å². The Bertz CT molecular complexity index is 898. The zero-order valence-corrected chi connectivity index (χ0v) is 21.7. The Kier molecular flexibility index (Phi) is 9.34. The summed E-state index contributed by atoms with van der Waals surface area (Å²) < 4.78 is 18.0. The maximum absolute atomic E-state index is 12.9. The second-order valence-electron chi connectivity index (χ2n) is 11.1. The van der Waals surface area contributed by atoms with E-state index in [1.54, 1.807) is 0 Å². The van der Waals surface area contributed by atoms with E-state index in [1.165, 1.54) is 0 Å². The Labute approximate surface area is 225 Å². The van der Waals surface area contributed by atoms with E-state index in [4.69, 9.17) is 42.9 Å². The molecule has 14 atom stereocenters. The molecular weight excluding hydrogens is 518 g/mol. The van der Waals surface area contributed by atoms with Crippen LogP contribution in [0.15, 0.2) is 4.99 Å². The number of aliphatic hydroxyl groups is 5.